The van der Waals surface area contributed by atoms with Gasteiger partial charge in [-0.05, 0) is 17.7 Å². The maximum Gasteiger partial charge on any atom is 0.410 e. The van der Waals surface area contributed by atoms with E-state index in [1.807, 2.05) is 30.3 Å². The quantitative estimate of drug-likeness (QED) is 0.431. The molecule has 1 aromatic heterocycles. The molecule has 38 heavy (non-hydrogen) atoms. The van der Waals surface area contributed by atoms with Crippen LogP contribution in [0.1, 0.15) is 44.7 Å². The Hall–Kier alpha value is -4.51. The number of methoxy groups -OCH3 is 2. The van der Waals surface area contributed by atoms with Crippen LogP contribution in [0, 0.1) is 0 Å². The van der Waals surface area contributed by atoms with E-state index in [9.17, 15) is 19.2 Å². The van der Waals surface area contributed by atoms with E-state index in [-0.39, 0.29) is 30.6 Å². The Bertz CT molecular complexity index is 1370. The predicted molar refractivity (Wildman–Crippen MR) is 134 cm³/mol. The molecule has 0 saturated carbocycles. The molecule has 11 nitrogen and oxygen atoms in total. The van der Waals surface area contributed by atoms with Gasteiger partial charge in [0.1, 0.15) is 12.4 Å². The number of ether oxygens (including phenoxy) is 4. The molecular formula is C27H27N3O8. The first-order valence-electron chi connectivity index (χ1n) is 11.8. The van der Waals surface area contributed by atoms with Crippen molar-refractivity contribution in [2.24, 2.45) is 7.05 Å². The highest BCUT2D eigenvalue weighted by molar-refractivity contribution is 5.94. The number of esters is 2. The van der Waals surface area contributed by atoms with Crippen LogP contribution in [-0.2, 0) is 27.9 Å². The summed E-state index contributed by atoms with van der Waals surface area (Å²) in [6, 6.07) is 16.4. The van der Waals surface area contributed by atoms with Gasteiger partial charge in [0, 0.05) is 20.6 Å². The second-order valence-electron chi connectivity index (χ2n) is 8.56. The minimum Gasteiger partial charge on any atom is -0.464 e. The van der Waals surface area contributed by atoms with Gasteiger partial charge in [-0.25, -0.2) is 19.4 Å². The Morgan fingerprint density at radius 1 is 0.974 bits per heavy atom. The Balaban J connectivity index is 1.68. The normalized spacial score (nSPS) is 16.7. The molecule has 0 bridgehead atoms. The van der Waals surface area contributed by atoms with Gasteiger partial charge in [-0.15, -0.1) is 0 Å². The number of benzene rings is 2. The minimum atomic E-state index is -0.973. The fourth-order valence-corrected chi connectivity index (χ4v) is 4.17. The number of rotatable bonds is 7. The molecule has 1 amide bonds. The second-order valence-corrected chi connectivity index (χ2v) is 8.56. The molecule has 11 heteroatoms. The molecule has 2 atom stereocenters. The third kappa shape index (κ3) is 5.57. The molecular weight excluding hydrogens is 494 g/mol. The van der Waals surface area contributed by atoms with Crippen molar-refractivity contribution in [3.63, 3.8) is 0 Å². The molecule has 0 radical (unpaired) electrons. The highest BCUT2D eigenvalue weighted by atomic mass is 16.6. The zero-order valence-corrected chi connectivity index (χ0v) is 21.2. The molecule has 0 N–H and O–H groups in total. The highest BCUT2D eigenvalue weighted by Crippen LogP contribution is 2.33. The number of nitrogens with zero attached hydrogens (tertiary/aromatic N) is 3. The molecule has 4 rings (SSSR count). The average molecular weight is 522 g/mol. The summed E-state index contributed by atoms with van der Waals surface area (Å²) in [4.78, 5) is 57.5. The maximum absolute atomic E-state index is 13.4. The lowest BCUT2D eigenvalue weighted by molar-refractivity contribution is 0.0582. The fourth-order valence-electron chi connectivity index (χ4n) is 4.17. The van der Waals surface area contributed by atoms with Crippen LogP contribution in [0.3, 0.4) is 0 Å². The Morgan fingerprint density at radius 2 is 1.63 bits per heavy atom. The lowest BCUT2D eigenvalue weighted by Gasteiger charge is -2.25. The van der Waals surface area contributed by atoms with Crippen LogP contribution in [0.2, 0.25) is 0 Å². The van der Waals surface area contributed by atoms with E-state index >= 15 is 0 Å². The Labute approximate surface area is 218 Å². The van der Waals surface area contributed by atoms with Crippen molar-refractivity contribution in [2.45, 2.75) is 25.2 Å². The number of hydrogen-bond acceptors (Lipinski definition) is 9. The topological polar surface area (TPSA) is 126 Å². The van der Waals surface area contributed by atoms with Crippen molar-refractivity contribution < 1.29 is 33.3 Å². The molecule has 1 saturated heterocycles. The zero-order valence-electron chi connectivity index (χ0n) is 21.2. The van der Waals surface area contributed by atoms with Gasteiger partial charge in [-0.1, -0.05) is 48.5 Å². The van der Waals surface area contributed by atoms with Crippen LogP contribution in [-0.4, -0.2) is 59.4 Å². The number of hydrogen-bond donors (Lipinski definition) is 0. The third-order valence-corrected chi connectivity index (χ3v) is 6.20. The summed E-state index contributed by atoms with van der Waals surface area (Å²) in [5, 5.41) is 0. The van der Waals surface area contributed by atoms with Gasteiger partial charge in [0.15, 0.2) is 5.69 Å². The molecule has 2 aromatic carbocycles. The van der Waals surface area contributed by atoms with Crippen LogP contribution in [0.25, 0.3) is 0 Å². The van der Waals surface area contributed by atoms with E-state index in [1.54, 1.807) is 18.2 Å². The number of aromatic nitrogens is 2. The van der Waals surface area contributed by atoms with Gasteiger partial charge >= 0.3 is 18.0 Å². The van der Waals surface area contributed by atoms with E-state index < -0.39 is 41.1 Å². The van der Waals surface area contributed by atoms with Crippen molar-refractivity contribution in [1.29, 1.82) is 0 Å². The van der Waals surface area contributed by atoms with Gasteiger partial charge in [0.05, 0.1) is 31.4 Å². The molecule has 3 aromatic rings. The van der Waals surface area contributed by atoms with E-state index in [0.717, 1.165) is 17.2 Å². The van der Waals surface area contributed by atoms with Crippen molar-refractivity contribution in [1.82, 2.24) is 14.5 Å². The zero-order chi connectivity index (χ0) is 27.2. The summed E-state index contributed by atoms with van der Waals surface area (Å²) in [6.45, 7) is 0.234. The smallest absolute Gasteiger partial charge is 0.410 e. The Morgan fingerprint density at radius 3 is 2.26 bits per heavy atom. The summed E-state index contributed by atoms with van der Waals surface area (Å²) in [7, 11) is 4.05. The van der Waals surface area contributed by atoms with Gasteiger partial charge in [-0.3, -0.25) is 14.3 Å². The standard InChI is InChI=1S/C27H27N3O8/c1-29-23(20-14-19(35-2)15-30(20)27(34)37-16-17-10-6-4-7-11-17)28-21(26(33)36-3)22(24(29)31)38-25(32)18-12-8-5-9-13-18/h4-13,19-20H,14-16H2,1-3H3/t19?,20-/m0/s1. The van der Waals surface area contributed by atoms with E-state index in [0.29, 0.717) is 6.42 Å². The third-order valence-electron chi connectivity index (χ3n) is 6.20. The van der Waals surface area contributed by atoms with E-state index in [4.69, 9.17) is 18.9 Å². The molecule has 0 aliphatic carbocycles. The van der Waals surface area contributed by atoms with Gasteiger partial charge in [0.2, 0.25) is 5.75 Å². The van der Waals surface area contributed by atoms with Crippen LogP contribution in [0.15, 0.2) is 65.5 Å². The first-order chi connectivity index (χ1) is 18.3. The predicted octanol–water partition coefficient (Wildman–Crippen LogP) is 2.88. The number of carbonyl (C=O) groups is 3. The first kappa shape index (κ1) is 26.6. The van der Waals surface area contributed by atoms with Gasteiger partial charge in [-0.2, -0.15) is 0 Å². The number of carbonyl (C=O) groups excluding carboxylic acids is 3. The summed E-state index contributed by atoms with van der Waals surface area (Å²) < 4.78 is 22.3. The van der Waals surface area contributed by atoms with E-state index in [1.165, 1.54) is 31.2 Å². The minimum absolute atomic E-state index is 0.0503. The summed E-state index contributed by atoms with van der Waals surface area (Å²) >= 11 is 0. The molecule has 0 spiro atoms. The summed E-state index contributed by atoms with van der Waals surface area (Å²) in [5.41, 5.74) is -0.282. The van der Waals surface area contributed by atoms with Crippen LogP contribution >= 0.6 is 0 Å². The number of likely N-dealkylation sites (tertiary alicyclic amines) is 1. The average Bonchev–Trinajstić information content (AvgIpc) is 3.39. The largest absolute Gasteiger partial charge is 0.464 e. The molecule has 1 unspecified atom stereocenters. The maximum atomic E-state index is 13.4. The molecule has 1 fully saturated rings. The molecule has 1 aliphatic rings. The molecule has 1 aliphatic heterocycles. The lowest BCUT2D eigenvalue weighted by atomic mass is 10.1. The van der Waals surface area contributed by atoms with Crippen molar-refractivity contribution in [3.8, 4) is 5.75 Å². The summed E-state index contributed by atoms with van der Waals surface area (Å²) in [5.74, 6) is -2.30. The highest BCUT2D eigenvalue weighted by Gasteiger charge is 2.41. The first-order valence-corrected chi connectivity index (χ1v) is 11.8. The SMILES string of the molecule is COC(=O)c1nc([C@@H]2CC(OC)CN2C(=O)OCc2ccccc2)n(C)c(=O)c1OC(=O)c1ccccc1. The van der Waals surface area contributed by atoms with Crippen LogP contribution < -0.4 is 10.3 Å². The molecule has 2 heterocycles. The molecule has 198 valence electrons. The lowest BCUT2D eigenvalue weighted by Crippen LogP contribution is -2.37. The van der Waals surface area contributed by atoms with Crippen molar-refractivity contribution in [2.75, 3.05) is 20.8 Å². The Kier molecular flexibility index (Phi) is 8.17. The van der Waals surface area contributed by atoms with Crippen molar-refractivity contribution >= 4 is 18.0 Å². The number of amides is 1. The van der Waals surface area contributed by atoms with Crippen LogP contribution in [0.4, 0.5) is 4.79 Å². The fraction of sp³-hybridized carbons (Fsp3) is 0.296. The second kappa shape index (κ2) is 11.7. The van der Waals surface area contributed by atoms with Gasteiger partial charge < -0.3 is 18.9 Å². The van der Waals surface area contributed by atoms with Crippen molar-refractivity contribution in [3.05, 3.63) is 93.7 Å². The monoisotopic (exact) mass is 521 g/mol. The summed E-state index contributed by atoms with van der Waals surface area (Å²) in [6.07, 6.45) is -0.703. The van der Waals surface area contributed by atoms with E-state index in [2.05, 4.69) is 4.98 Å². The van der Waals surface area contributed by atoms with Crippen LogP contribution in [0.5, 0.6) is 5.75 Å². The van der Waals surface area contributed by atoms with Gasteiger partial charge in [0.25, 0.3) is 5.56 Å².